The highest BCUT2D eigenvalue weighted by molar-refractivity contribution is 5.17. The van der Waals surface area contributed by atoms with Crippen molar-refractivity contribution in [2.24, 2.45) is 0 Å². The molecule has 1 N–H and O–H groups in total. The summed E-state index contributed by atoms with van der Waals surface area (Å²) < 4.78 is 41.9. The predicted octanol–water partition coefficient (Wildman–Crippen LogP) is 2.37. The lowest BCUT2D eigenvalue weighted by molar-refractivity contribution is -0.145. The number of nitrogens with one attached hydrogen (secondary N) is 1. The zero-order chi connectivity index (χ0) is 13.9. The van der Waals surface area contributed by atoms with Crippen LogP contribution in [-0.2, 0) is 12.8 Å². The molecule has 0 aliphatic rings. The molecule has 19 heavy (non-hydrogen) atoms. The molecule has 7 heteroatoms. The molecular formula is C12H9F3N2O2. The number of rotatable bonds is 3. The molecule has 0 fully saturated rings. The number of hydrogen-bond acceptors (Lipinski definition) is 3. The molecule has 0 atom stereocenters. The highest BCUT2D eigenvalue weighted by Gasteiger charge is 2.34. The Morgan fingerprint density at radius 3 is 2.47 bits per heavy atom. The minimum absolute atomic E-state index is 0.0803. The third kappa shape index (κ3) is 3.34. The molecule has 0 aliphatic carbocycles. The van der Waals surface area contributed by atoms with Gasteiger partial charge in [-0.1, -0.05) is 30.3 Å². The minimum Gasteiger partial charge on any atom is -0.482 e. The fourth-order valence-corrected chi connectivity index (χ4v) is 1.37. The van der Waals surface area contributed by atoms with Gasteiger partial charge < -0.3 is 4.74 Å². The molecule has 2 aromatic rings. The molecule has 2 rings (SSSR count). The molecule has 0 aliphatic heterocycles. The van der Waals surface area contributed by atoms with E-state index in [1.807, 2.05) is 6.07 Å². The van der Waals surface area contributed by atoms with Crippen molar-refractivity contribution in [3.8, 4) is 5.75 Å². The quantitative estimate of drug-likeness (QED) is 0.931. The van der Waals surface area contributed by atoms with Crippen LogP contribution in [0.5, 0.6) is 5.75 Å². The van der Waals surface area contributed by atoms with Crippen LogP contribution in [0.4, 0.5) is 13.2 Å². The lowest BCUT2D eigenvalue weighted by Gasteiger charge is -2.07. The van der Waals surface area contributed by atoms with Gasteiger partial charge in [-0.15, -0.1) is 0 Å². The van der Waals surface area contributed by atoms with Crippen molar-refractivity contribution in [1.82, 2.24) is 9.97 Å². The van der Waals surface area contributed by atoms with E-state index in [1.165, 1.54) is 0 Å². The first-order chi connectivity index (χ1) is 8.97. The molecule has 0 spiro atoms. The van der Waals surface area contributed by atoms with E-state index in [2.05, 4.69) is 4.98 Å². The summed E-state index contributed by atoms with van der Waals surface area (Å²) in [5.74, 6) is -1.60. The van der Waals surface area contributed by atoms with Gasteiger partial charge in [0.05, 0.1) is 6.20 Å². The first-order valence-electron chi connectivity index (χ1n) is 5.30. The molecule has 0 amide bonds. The fourth-order valence-electron chi connectivity index (χ4n) is 1.37. The molecule has 4 nitrogen and oxygen atoms in total. The maximum Gasteiger partial charge on any atom is 0.449 e. The lowest BCUT2D eigenvalue weighted by atomic mass is 10.2. The van der Waals surface area contributed by atoms with Crippen molar-refractivity contribution in [3.05, 3.63) is 58.3 Å². The standard InChI is InChI=1S/C12H9F3N2O2/c13-12(14,15)11-16-6-9(10(18)17-11)19-7-8-4-2-1-3-5-8/h1-6H,7H2,(H,16,17,18). The van der Waals surface area contributed by atoms with Crippen LogP contribution >= 0.6 is 0 Å². The largest absolute Gasteiger partial charge is 0.482 e. The number of alkyl halides is 3. The highest BCUT2D eigenvalue weighted by Crippen LogP contribution is 2.25. The first kappa shape index (κ1) is 13.1. The predicted molar refractivity (Wildman–Crippen MR) is 60.6 cm³/mol. The van der Waals surface area contributed by atoms with Crippen LogP contribution < -0.4 is 10.3 Å². The Labute approximate surface area is 105 Å². The smallest absolute Gasteiger partial charge is 0.449 e. The molecule has 0 saturated heterocycles. The second kappa shape index (κ2) is 5.13. The number of H-pyrrole nitrogens is 1. The molecule has 0 radical (unpaired) electrons. The van der Waals surface area contributed by atoms with E-state index in [1.54, 1.807) is 29.2 Å². The highest BCUT2D eigenvalue weighted by atomic mass is 19.4. The normalized spacial score (nSPS) is 11.3. The molecule has 100 valence electrons. The van der Waals surface area contributed by atoms with E-state index in [9.17, 15) is 18.0 Å². The van der Waals surface area contributed by atoms with Crippen molar-refractivity contribution in [3.63, 3.8) is 0 Å². The second-order valence-corrected chi connectivity index (χ2v) is 3.70. The number of aromatic amines is 1. The lowest BCUT2D eigenvalue weighted by Crippen LogP contribution is -2.20. The molecule has 1 aromatic carbocycles. The van der Waals surface area contributed by atoms with Crippen LogP contribution in [0.25, 0.3) is 0 Å². The van der Waals surface area contributed by atoms with Gasteiger partial charge in [0.15, 0.2) is 0 Å². The fraction of sp³-hybridized carbons (Fsp3) is 0.167. The van der Waals surface area contributed by atoms with Gasteiger partial charge in [-0.25, -0.2) is 4.98 Å². The van der Waals surface area contributed by atoms with Crippen LogP contribution in [0.3, 0.4) is 0 Å². The third-order valence-corrected chi connectivity index (χ3v) is 2.27. The van der Waals surface area contributed by atoms with Gasteiger partial charge in [0.1, 0.15) is 6.61 Å². The average Bonchev–Trinajstić information content (AvgIpc) is 2.37. The Morgan fingerprint density at radius 1 is 1.21 bits per heavy atom. The van der Waals surface area contributed by atoms with Gasteiger partial charge in [-0.3, -0.25) is 9.78 Å². The first-order valence-corrected chi connectivity index (χ1v) is 5.30. The van der Waals surface area contributed by atoms with Crippen molar-refractivity contribution < 1.29 is 17.9 Å². The number of aromatic nitrogens is 2. The number of benzene rings is 1. The van der Waals surface area contributed by atoms with Gasteiger partial charge in [0.25, 0.3) is 5.56 Å². The Balaban J connectivity index is 2.12. The van der Waals surface area contributed by atoms with E-state index in [0.29, 0.717) is 0 Å². The SMILES string of the molecule is O=c1[nH]c(C(F)(F)F)ncc1OCc1ccccc1. The maximum absolute atomic E-state index is 12.3. The minimum atomic E-state index is -4.68. The van der Waals surface area contributed by atoms with E-state index in [-0.39, 0.29) is 12.4 Å². The van der Waals surface area contributed by atoms with E-state index in [4.69, 9.17) is 4.74 Å². The number of halogens is 3. The molecule has 1 heterocycles. The number of ether oxygens (including phenoxy) is 1. The summed E-state index contributed by atoms with van der Waals surface area (Å²) in [6.45, 7) is 0.0803. The average molecular weight is 270 g/mol. The summed E-state index contributed by atoms with van der Waals surface area (Å²) in [7, 11) is 0. The van der Waals surface area contributed by atoms with Crippen LogP contribution in [0.15, 0.2) is 41.3 Å². The van der Waals surface area contributed by atoms with Gasteiger partial charge >= 0.3 is 6.18 Å². The molecule has 0 bridgehead atoms. The van der Waals surface area contributed by atoms with Crippen LogP contribution in [0, 0.1) is 0 Å². The van der Waals surface area contributed by atoms with E-state index >= 15 is 0 Å². The van der Waals surface area contributed by atoms with Crippen molar-refractivity contribution in [2.45, 2.75) is 12.8 Å². The molecular weight excluding hydrogens is 261 g/mol. The summed E-state index contributed by atoms with van der Waals surface area (Å²) in [6, 6.07) is 8.93. The number of hydrogen-bond donors (Lipinski definition) is 1. The second-order valence-electron chi connectivity index (χ2n) is 3.70. The maximum atomic E-state index is 12.3. The Hall–Kier alpha value is -2.31. The zero-order valence-electron chi connectivity index (χ0n) is 9.57. The van der Waals surface area contributed by atoms with Gasteiger partial charge in [0.2, 0.25) is 11.6 Å². The summed E-state index contributed by atoms with van der Waals surface area (Å²) in [5, 5.41) is 0. The van der Waals surface area contributed by atoms with Crippen LogP contribution in [-0.4, -0.2) is 9.97 Å². The van der Waals surface area contributed by atoms with E-state index < -0.39 is 17.6 Å². The molecule has 0 unspecified atom stereocenters. The topological polar surface area (TPSA) is 55.0 Å². The summed E-state index contributed by atoms with van der Waals surface area (Å²) in [4.78, 5) is 16.1. The van der Waals surface area contributed by atoms with Crippen LogP contribution in [0.2, 0.25) is 0 Å². The van der Waals surface area contributed by atoms with Crippen LogP contribution in [0.1, 0.15) is 11.4 Å². The summed E-state index contributed by atoms with van der Waals surface area (Å²) in [6.07, 6.45) is -3.91. The Morgan fingerprint density at radius 2 is 1.89 bits per heavy atom. The number of nitrogens with zero attached hydrogens (tertiary/aromatic N) is 1. The molecule has 0 saturated carbocycles. The van der Waals surface area contributed by atoms with Crippen molar-refractivity contribution >= 4 is 0 Å². The zero-order valence-corrected chi connectivity index (χ0v) is 9.57. The van der Waals surface area contributed by atoms with Crippen molar-refractivity contribution in [1.29, 1.82) is 0 Å². The molecule has 1 aromatic heterocycles. The van der Waals surface area contributed by atoms with Crippen molar-refractivity contribution in [2.75, 3.05) is 0 Å². The summed E-state index contributed by atoms with van der Waals surface area (Å²) in [5.41, 5.74) is -0.167. The Bertz CT molecular complexity index is 608. The van der Waals surface area contributed by atoms with Gasteiger partial charge in [-0.2, -0.15) is 13.2 Å². The monoisotopic (exact) mass is 270 g/mol. The van der Waals surface area contributed by atoms with E-state index in [0.717, 1.165) is 11.8 Å². The Kier molecular flexibility index (Phi) is 3.55. The summed E-state index contributed by atoms with van der Waals surface area (Å²) >= 11 is 0. The van der Waals surface area contributed by atoms with Gasteiger partial charge in [-0.05, 0) is 5.56 Å². The van der Waals surface area contributed by atoms with Gasteiger partial charge in [0, 0.05) is 0 Å². The third-order valence-electron chi connectivity index (χ3n) is 2.27.